The third-order valence-corrected chi connectivity index (χ3v) is 7.35. The minimum Gasteiger partial charge on any atom is -0.507 e. The molecule has 0 saturated carbocycles. The van der Waals surface area contributed by atoms with Gasteiger partial charge in [-0.25, -0.2) is 9.59 Å². The van der Waals surface area contributed by atoms with E-state index in [0.29, 0.717) is 59.8 Å². The molecule has 0 fully saturated rings. The fraction of sp³-hybridized carbons (Fsp3) is 0.318. The van der Waals surface area contributed by atoms with Crippen LogP contribution >= 0.6 is 0 Å². The van der Waals surface area contributed by atoms with Crippen LogP contribution < -0.4 is 10.6 Å². The van der Waals surface area contributed by atoms with Gasteiger partial charge in [0.2, 0.25) is 0 Å². The minimum absolute atomic E-state index is 0. The van der Waals surface area contributed by atoms with Crippen LogP contribution in [-0.2, 0) is 26.5 Å². The SMILES string of the molecule is Cc1ccc(O)c(C=NCCN=Cc2cc(NC(=O)OC(C)(C)C)ccc2O)c1.Cc1ccc(O)c(C=NCCN=Cc2cc(NC(=O)OC(C)(C)C)ccc2O)c1.[Fe]. The van der Waals surface area contributed by atoms with E-state index in [-0.39, 0.29) is 40.1 Å². The summed E-state index contributed by atoms with van der Waals surface area (Å²) in [5.41, 5.74) is 4.13. The molecule has 0 aliphatic carbocycles. The van der Waals surface area contributed by atoms with Crippen LogP contribution in [0.3, 0.4) is 0 Å². The van der Waals surface area contributed by atoms with E-state index in [2.05, 4.69) is 30.6 Å². The van der Waals surface area contributed by atoms with Crippen LogP contribution in [0.5, 0.6) is 23.0 Å². The summed E-state index contributed by atoms with van der Waals surface area (Å²) in [5, 5.41) is 44.7. The fourth-order valence-corrected chi connectivity index (χ4v) is 4.75. The predicted molar refractivity (Wildman–Crippen MR) is 231 cm³/mol. The standard InChI is InChI=1S/2C22H27N3O4.Fe/c2*1-15-5-7-19(26)16(11-15)13-23-9-10-24-14-17-12-18(6-8-20(17)27)25-21(28)29-22(2,3)4;/h2*5-8,11-14,26-27H,9-10H2,1-4H3,(H,25,28);. The van der Waals surface area contributed by atoms with Crippen molar-refractivity contribution in [2.24, 2.45) is 20.0 Å². The van der Waals surface area contributed by atoms with E-state index < -0.39 is 23.4 Å². The number of benzene rings is 4. The van der Waals surface area contributed by atoms with Gasteiger partial charge >= 0.3 is 12.2 Å². The van der Waals surface area contributed by atoms with E-state index in [0.717, 1.165) is 11.1 Å². The van der Waals surface area contributed by atoms with Crippen LogP contribution in [0.25, 0.3) is 0 Å². The fourth-order valence-electron chi connectivity index (χ4n) is 4.75. The van der Waals surface area contributed by atoms with Crippen molar-refractivity contribution in [3.05, 3.63) is 106 Å². The number of aliphatic imine (C=N–C) groups is 4. The van der Waals surface area contributed by atoms with Gasteiger partial charge in [0.05, 0.1) is 26.2 Å². The molecule has 59 heavy (non-hydrogen) atoms. The van der Waals surface area contributed by atoms with Gasteiger partial charge in [0, 0.05) is 75.6 Å². The van der Waals surface area contributed by atoms with Crippen LogP contribution in [-0.4, -0.2) is 94.9 Å². The maximum atomic E-state index is 11.9. The Balaban J connectivity index is 0.000000400. The molecule has 0 aliphatic rings. The smallest absolute Gasteiger partial charge is 0.412 e. The Morgan fingerprint density at radius 3 is 1.07 bits per heavy atom. The maximum absolute atomic E-state index is 11.9. The molecule has 316 valence electrons. The molecule has 0 saturated heterocycles. The van der Waals surface area contributed by atoms with E-state index >= 15 is 0 Å². The molecule has 6 N–H and O–H groups in total. The second-order valence-electron chi connectivity index (χ2n) is 15.1. The molecule has 2 amide bonds. The first-order chi connectivity index (χ1) is 27.3. The first-order valence-corrected chi connectivity index (χ1v) is 18.5. The molecule has 0 spiro atoms. The molecule has 14 nitrogen and oxygen atoms in total. The second kappa shape index (κ2) is 23.3. The molecular weight excluding hydrogens is 796 g/mol. The van der Waals surface area contributed by atoms with Gasteiger partial charge in [-0.15, -0.1) is 0 Å². The first-order valence-electron chi connectivity index (χ1n) is 18.5. The van der Waals surface area contributed by atoms with Crippen molar-refractivity contribution in [1.29, 1.82) is 0 Å². The van der Waals surface area contributed by atoms with Crippen LogP contribution in [0.2, 0.25) is 0 Å². The number of anilines is 2. The minimum atomic E-state index is -0.596. The number of nitrogens with one attached hydrogen (secondary N) is 2. The summed E-state index contributed by atoms with van der Waals surface area (Å²) in [6.45, 7) is 16.3. The molecule has 0 unspecified atom stereocenters. The van der Waals surface area contributed by atoms with Crippen molar-refractivity contribution >= 4 is 48.4 Å². The first kappa shape index (κ1) is 49.0. The Morgan fingerprint density at radius 1 is 0.508 bits per heavy atom. The van der Waals surface area contributed by atoms with Gasteiger partial charge in [0.25, 0.3) is 0 Å². The molecule has 0 aliphatic heterocycles. The predicted octanol–water partition coefficient (Wildman–Crippen LogP) is 8.58. The van der Waals surface area contributed by atoms with Crippen molar-refractivity contribution in [3.63, 3.8) is 0 Å². The number of hydrogen-bond acceptors (Lipinski definition) is 12. The summed E-state index contributed by atoms with van der Waals surface area (Å²) in [5.74, 6) is 0.470. The third kappa shape index (κ3) is 19.2. The number of carbonyl (C=O) groups excluding carboxylic acids is 2. The van der Waals surface area contributed by atoms with Gasteiger partial charge in [-0.1, -0.05) is 23.3 Å². The molecule has 0 aromatic heterocycles. The number of aryl methyl sites for hydroxylation is 2. The van der Waals surface area contributed by atoms with Crippen molar-refractivity contribution in [3.8, 4) is 23.0 Å². The van der Waals surface area contributed by atoms with Gasteiger partial charge < -0.3 is 29.9 Å². The zero-order valence-electron chi connectivity index (χ0n) is 34.6. The molecular formula is C44H54FeN6O8. The van der Waals surface area contributed by atoms with Crippen LogP contribution in [0, 0.1) is 13.8 Å². The topological polar surface area (TPSA) is 207 Å². The quantitative estimate of drug-likeness (QED) is 0.0351. The summed E-state index contributed by atoms with van der Waals surface area (Å²) >= 11 is 0. The average molecular weight is 851 g/mol. The maximum Gasteiger partial charge on any atom is 0.412 e. The monoisotopic (exact) mass is 850 g/mol. The number of amides is 2. The van der Waals surface area contributed by atoms with E-state index in [1.165, 1.54) is 24.6 Å². The largest absolute Gasteiger partial charge is 0.507 e. The van der Waals surface area contributed by atoms with E-state index in [1.807, 2.05) is 38.1 Å². The van der Waals surface area contributed by atoms with Crippen LogP contribution in [0.15, 0.2) is 92.8 Å². The summed E-state index contributed by atoms with van der Waals surface area (Å²) in [4.78, 5) is 40.7. The van der Waals surface area contributed by atoms with Gasteiger partial charge in [-0.3, -0.25) is 30.6 Å². The third-order valence-electron chi connectivity index (χ3n) is 7.35. The van der Waals surface area contributed by atoms with E-state index in [4.69, 9.17) is 9.47 Å². The number of hydrogen-bond donors (Lipinski definition) is 6. The number of phenols is 4. The number of phenolic OH excluding ortho intramolecular Hbond substituents is 4. The number of ether oxygens (including phenoxy) is 2. The molecule has 0 atom stereocenters. The molecule has 4 rings (SSSR count). The molecule has 0 heterocycles. The number of aromatic hydroxyl groups is 4. The zero-order chi connectivity index (χ0) is 42.9. The number of rotatable bonds is 12. The Labute approximate surface area is 356 Å². The number of carbonyl (C=O) groups is 2. The zero-order valence-corrected chi connectivity index (χ0v) is 35.7. The Morgan fingerprint density at radius 2 is 0.780 bits per heavy atom. The average Bonchev–Trinajstić information content (AvgIpc) is 3.11. The summed E-state index contributed by atoms with van der Waals surface area (Å²) < 4.78 is 10.4. The number of nitrogens with zero attached hydrogens (tertiary/aromatic N) is 4. The Bertz CT molecular complexity index is 1990. The molecule has 4 aromatic rings. The van der Waals surface area contributed by atoms with Crippen LogP contribution in [0.1, 0.15) is 74.9 Å². The van der Waals surface area contributed by atoms with Gasteiger partial charge in [-0.2, -0.15) is 0 Å². The summed E-state index contributed by atoms with van der Waals surface area (Å²) in [7, 11) is 0. The normalized spacial score (nSPS) is 11.7. The van der Waals surface area contributed by atoms with Crippen molar-refractivity contribution in [1.82, 2.24) is 0 Å². The van der Waals surface area contributed by atoms with Gasteiger partial charge in [0.1, 0.15) is 34.2 Å². The second-order valence-corrected chi connectivity index (χ2v) is 15.1. The van der Waals surface area contributed by atoms with Crippen LogP contribution in [0.4, 0.5) is 21.0 Å². The van der Waals surface area contributed by atoms with E-state index in [1.54, 1.807) is 90.4 Å². The molecule has 0 bridgehead atoms. The molecule has 0 radical (unpaired) electrons. The molecule has 15 heteroatoms. The Hall–Kier alpha value is -6.18. The van der Waals surface area contributed by atoms with Gasteiger partial charge in [0.15, 0.2) is 0 Å². The van der Waals surface area contributed by atoms with E-state index in [9.17, 15) is 30.0 Å². The molecule has 4 aromatic carbocycles. The van der Waals surface area contributed by atoms with Crippen molar-refractivity contribution in [2.75, 3.05) is 36.8 Å². The van der Waals surface area contributed by atoms with Crippen molar-refractivity contribution in [2.45, 2.75) is 66.6 Å². The summed E-state index contributed by atoms with van der Waals surface area (Å²) in [6, 6.07) is 20.0. The van der Waals surface area contributed by atoms with Gasteiger partial charge in [-0.05, 0) is 116 Å². The summed E-state index contributed by atoms with van der Waals surface area (Å²) in [6.07, 6.45) is 5.13. The van der Waals surface area contributed by atoms with Crippen molar-refractivity contribution < 1.29 is 56.6 Å². The Kier molecular flexibility index (Phi) is 19.3.